The Bertz CT molecular complexity index is 523. The average Bonchev–Trinajstić information content (AvgIpc) is 2.52. The molecule has 18 heavy (non-hydrogen) atoms. The van der Waals surface area contributed by atoms with Crippen molar-refractivity contribution in [3.05, 3.63) is 28.0 Å². The molecular formula is C11H11Cl2N3O2. The molecule has 0 fully saturated rings. The molecule has 1 aliphatic rings. The summed E-state index contributed by atoms with van der Waals surface area (Å²) in [6.45, 7) is 4.91. The van der Waals surface area contributed by atoms with Crippen molar-refractivity contribution in [2.45, 2.75) is 26.5 Å². The molecule has 1 aromatic rings. The second-order valence-electron chi connectivity index (χ2n) is 4.29. The first-order valence-electron chi connectivity index (χ1n) is 5.21. The van der Waals surface area contributed by atoms with Crippen molar-refractivity contribution >= 4 is 35.0 Å². The quantitative estimate of drug-likeness (QED) is 0.746. The van der Waals surface area contributed by atoms with Gasteiger partial charge in [0.15, 0.2) is 0 Å². The van der Waals surface area contributed by atoms with E-state index in [0.29, 0.717) is 11.5 Å². The van der Waals surface area contributed by atoms with Gasteiger partial charge in [0.25, 0.3) is 0 Å². The van der Waals surface area contributed by atoms with Crippen LogP contribution in [-0.2, 0) is 9.53 Å². The lowest BCUT2D eigenvalue weighted by atomic mass is 10.2. The first kappa shape index (κ1) is 13.1. The maximum Gasteiger partial charge on any atom is 0.243 e. The van der Waals surface area contributed by atoms with Crippen LogP contribution in [0.25, 0.3) is 0 Å². The smallest absolute Gasteiger partial charge is 0.243 e. The molecule has 1 aromatic heterocycles. The molecule has 0 aromatic carbocycles. The van der Waals surface area contributed by atoms with Gasteiger partial charge in [-0.05, 0) is 26.0 Å². The number of halogens is 2. The minimum atomic E-state index is -0.830. The van der Waals surface area contributed by atoms with Crippen molar-refractivity contribution in [2.24, 2.45) is 5.10 Å². The molecule has 5 nitrogen and oxygen atoms in total. The molecule has 2 rings (SSSR count). The fraction of sp³-hybridized carbons (Fsp3) is 0.364. The lowest BCUT2D eigenvalue weighted by Crippen LogP contribution is -2.41. The fourth-order valence-corrected chi connectivity index (χ4v) is 2.13. The first-order chi connectivity index (χ1) is 8.29. The van der Waals surface area contributed by atoms with Gasteiger partial charge in [-0.3, -0.25) is 4.79 Å². The van der Waals surface area contributed by atoms with Gasteiger partial charge in [0.05, 0.1) is 0 Å². The molecule has 0 spiro atoms. The highest BCUT2D eigenvalue weighted by Gasteiger charge is 2.39. The van der Waals surface area contributed by atoms with E-state index in [1.54, 1.807) is 26.0 Å². The lowest BCUT2D eigenvalue weighted by molar-refractivity contribution is -0.142. The number of carbonyl (C=O) groups is 1. The van der Waals surface area contributed by atoms with Crippen molar-refractivity contribution in [3.8, 4) is 0 Å². The van der Waals surface area contributed by atoms with Crippen LogP contribution < -0.4 is 0 Å². The van der Waals surface area contributed by atoms with Crippen LogP contribution in [0.4, 0.5) is 0 Å². The molecule has 96 valence electrons. The fourth-order valence-electron chi connectivity index (χ4n) is 1.67. The number of hydrogen-bond acceptors (Lipinski definition) is 4. The standard InChI is InChI=1S/C11H11Cl2N3O2/c1-6(17)16-11(2,3)18-10(15-16)7-4-8(12)14-9(13)5-7/h4-5H,1-3H3. The van der Waals surface area contributed by atoms with E-state index in [4.69, 9.17) is 27.9 Å². The van der Waals surface area contributed by atoms with E-state index >= 15 is 0 Å². The Kier molecular flexibility index (Phi) is 3.21. The zero-order chi connectivity index (χ0) is 13.5. The number of ether oxygens (including phenoxy) is 1. The molecule has 0 radical (unpaired) electrons. The predicted molar refractivity (Wildman–Crippen MR) is 68.5 cm³/mol. The molecule has 0 unspecified atom stereocenters. The van der Waals surface area contributed by atoms with Gasteiger partial charge < -0.3 is 4.74 Å². The summed E-state index contributed by atoms with van der Waals surface area (Å²) in [6.07, 6.45) is 0. The average molecular weight is 288 g/mol. The highest BCUT2D eigenvalue weighted by Crippen LogP contribution is 2.27. The molecule has 0 N–H and O–H groups in total. The molecule has 2 heterocycles. The molecular weight excluding hydrogens is 277 g/mol. The number of hydrazone groups is 1. The van der Waals surface area contributed by atoms with Crippen LogP contribution in [0, 0.1) is 0 Å². The summed E-state index contributed by atoms with van der Waals surface area (Å²) in [6, 6.07) is 3.15. The Labute approximate surface area is 114 Å². The SMILES string of the molecule is CC(=O)N1N=C(c2cc(Cl)nc(Cl)c2)OC1(C)C. The van der Waals surface area contributed by atoms with Gasteiger partial charge in [0, 0.05) is 12.5 Å². The van der Waals surface area contributed by atoms with Crippen molar-refractivity contribution < 1.29 is 9.53 Å². The molecule has 0 bridgehead atoms. The van der Waals surface area contributed by atoms with E-state index in [9.17, 15) is 4.79 Å². The van der Waals surface area contributed by atoms with Gasteiger partial charge in [0.1, 0.15) is 10.3 Å². The number of pyridine rings is 1. The summed E-state index contributed by atoms with van der Waals surface area (Å²) >= 11 is 11.6. The third-order valence-electron chi connectivity index (χ3n) is 2.36. The van der Waals surface area contributed by atoms with E-state index in [0.717, 1.165) is 0 Å². The van der Waals surface area contributed by atoms with Gasteiger partial charge in [-0.25, -0.2) is 4.98 Å². The summed E-state index contributed by atoms with van der Waals surface area (Å²) < 4.78 is 5.63. The van der Waals surface area contributed by atoms with Crippen molar-refractivity contribution in [2.75, 3.05) is 0 Å². The van der Waals surface area contributed by atoms with Crippen LogP contribution in [0.5, 0.6) is 0 Å². The molecule has 0 aliphatic carbocycles. The topological polar surface area (TPSA) is 54.8 Å². The number of amides is 1. The van der Waals surface area contributed by atoms with Gasteiger partial charge in [-0.2, -0.15) is 5.01 Å². The highest BCUT2D eigenvalue weighted by atomic mass is 35.5. The minimum absolute atomic E-state index is 0.207. The minimum Gasteiger partial charge on any atom is -0.448 e. The Morgan fingerprint density at radius 2 is 1.89 bits per heavy atom. The van der Waals surface area contributed by atoms with E-state index in [1.165, 1.54) is 11.9 Å². The first-order valence-corrected chi connectivity index (χ1v) is 5.97. The number of hydrogen-bond donors (Lipinski definition) is 0. The number of nitrogens with zero attached hydrogens (tertiary/aromatic N) is 3. The third kappa shape index (κ3) is 2.42. The van der Waals surface area contributed by atoms with Crippen LogP contribution >= 0.6 is 23.2 Å². The van der Waals surface area contributed by atoms with E-state index < -0.39 is 5.72 Å². The number of aromatic nitrogens is 1. The molecule has 1 aliphatic heterocycles. The summed E-state index contributed by atoms with van der Waals surface area (Å²) in [5.41, 5.74) is -0.250. The van der Waals surface area contributed by atoms with Gasteiger partial charge in [-0.15, -0.1) is 5.10 Å². The molecule has 7 heteroatoms. The van der Waals surface area contributed by atoms with Crippen molar-refractivity contribution in [3.63, 3.8) is 0 Å². The molecule has 0 saturated heterocycles. The Morgan fingerprint density at radius 1 is 1.33 bits per heavy atom. The molecule has 0 saturated carbocycles. The zero-order valence-electron chi connectivity index (χ0n) is 10.1. The Hall–Kier alpha value is -1.33. The predicted octanol–water partition coefficient (Wildman–Crippen LogP) is 2.66. The van der Waals surface area contributed by atoms with Crippen LogP contribution in [0.3, 0.4) is 0 Å². The third-order valence-corrected chi connectivity index (χ3v) is 2.74. The largest absolute Gasteiger partial charge is 0.448 e. The lowest BCUT2D eigenvalue weighted by Gasteiger charge is -2.25. The molecule has 0 atom stereocenters. The van der Waals surface area contributed by atoms with Crippen LogP contribution in [0.2, 0.25) is 10.3 Å². The highest BCUT2D eigenvalue weighted by molar-refractivity contribution is 6.33. The van der Waals surface area contributed by atoms with Gasteiger partial charge in [-0.1, -0.05) is 23.2 Å². The van der Waals surface area contributed by atoms with Crippen molar-refractivity contribution in [1.82, 2.24) is 9.99 Å². The second kappa shape index (κ2) is 4.40. The normalized spacial score (nSPS) is 17.4. The second-order valence-corrected chi connectivity index (χ2v) is 5.06. The van der Waals surface area contributed by atoms with Crippen LogP contribution in [0.1, 0.15) is 26.3 Å². The van der Waals surface area contributed by atoms with E-state index in [2.05, 4.69) is 10.1 Å². The van der Waals surface area contributed by atoms with E-state index in [1.807, 2.05) is 0 Å². The van der Waals surface area contributed by atoms with Gasteiger partial charge in [0.2, 0.25) is 17.5 Å². The maximum absolute atomic E-state index is 11.4. The summed E-state index contributed by atoms with van der Waals surface area (Å²) in [5, 5.41) is 5.87. The number of carbonyl (C=O) groups excluding carboxylic acids is 1. The monoisotopic (exact) mass is 287 g/mol. The molecule has 1 amide bonds. The van der Waals surface area contributed by atoms with Crippen molar-refractivity contribution in [1.29, 1.82) is 0 Å². The summed E-state index contributed by atoms with van der Waals surface area (Å²) in [7, 11) is 0. The number of rotatable bonds is 1. The van der Waals surface area contributed by atoms with E-state index in [-0.39, 0.29) is 16.2 Å². The Morgan fingerprint density at radius 3 is 2.33 bits per heavy atom. The van der Waals surface area contributed by atoms with Crippen LogP contribution in [-0.4, -0.2) is 27.5 Å². The summed E-state index contributed by atoms with van der Waals surface area (Å²) in [4.78, 5) is 15.3. The van der Waals surface area contributed by atoms with Gasteiger partial charge >= 0.3 is 0 Å². The maximum atomic E-state index is 11.4. The van der Waals surface area contributed by atoms with Crippen LogP contribution in [0.15, 0.2) is 17.2 Å². The Balaban J connectivity index is 2.41. The summed E-state index contributed by atoms with van der Waals surface area (Å²) in [5.74, 6) is 0.0858. The zero-order valence-corrected chi connectivity index (χ0v) is 11.6.